The Morgan fingerprint density at radius 2 is 1.95 bits per heavy atom. The zero-order valence-electron chi connectivity index (χ0n) is 12.9. The Morgan fingerprint density at radius 1 is 1.24 bits per heavy atom. The van der Waals surface area contributed by atoms with E-state index in [9.17, 15) is 9.59 Å². The molecule has 2 amide bonds. The molecule has 0 atom stereocenters. The monoisotopic (exact) mass is 294 g/mol. The van der Waals surface area contributed by atoms with Crippen LogP contribution >= 0.6 is 0 Å². The molecular weight excluding hydrogens is 272 g/mol. The number of hydrogen-bond acceptors (Lipinski definition) is 4. The number of hydrogen-bond donors (Lipinski definition) is 1. The normalized spacial score (nSPS) is 9.90. The van der Waals surface area contributed by atoms with Crippen molar-refractivity contribution in [3.05, 3.63) is 18.2 Å². The highest BCUT2D eigenvalue weighted by Gasteiger charge is 2.20. The minimum absolute atomic E-state index is 0.402. The number of anilines is 1. The van der Waals surface area contributed by atoms with Crippen LogP contribution in [0.25, 0.3) is 0 Å². The minimum Gasteiger partial charge on any atom is -0.497 e. The van der Waals surface area contributed by atoms with E-state index >= 15 is 0 Å². The van der Waals surface area contributed by atoms with Gasteiger partial charge >= 0.3 is 11.8 Å². The second-order valence-electron chi connectivity index (χ2n) is 4.60. The van der Waals surface area contributed by atoms with Gasteiger partial charge in [-0.05, 0) is 18.6 Å². The lowest BCUT2D eigenvalue weighted by Crippen LogP contribution is -2.37. The number of unbranched alkanes of at least 4 members (excludes halogenated alkanes) is 1. The Hall–Kier alpha value is -2.24. The van der Waals surface area contributed by atoms with Gasteiger partial charge < -0.3 is 19.7 Å². The Bertz CT molecular complexity index is 502. The summed E-state index contributed by atoms with van der Waals surface area (Å²) in [6, 6.07) is 4.99. The summed E-state index contributed by atoms with van der Waals surface area (Å²) in [5, 5.41) is 2.56. The fraction of sp³-hybridized carbons (Fsp3) is 0.467. The van der Waals surface area contributed by atoms with E-state index in [2.05, 4.69) is 5.32 Å². The van der Waals surface area contributed by atoms with E-state index in [1.807, 2.05) is 6.92 Å². The van der Waals surface area contributed by atoms with Crippen LogP contribution in [-0.4, -0.2) is 44.5 Å². The van der Waals surface area contributed by atoms with Crippen molar-refractivity contribution in [1.82, 2.24) is 4.90 Å². The first kappa shape index (κ1) is 16.8. The largest absolute Gasteiger partial charge is 0.497 e. The van der Waals surface area contributed by atoms with E-state index in [-0.39, 0.29) is 0 Å². The molecule has 0 aliphatic rings. The molecule has 116 valence electrons. The molecule has 0 bridgehead atoms. The molecule has 0 aromatic heterocycles. The molecule has 6 heteroatoms. The number of carbonyl (C=O) groups excluding carboxylic acids is 2. The fourth-order valence-electron chi connectivity index (χ4n) is 1.76. The molecule has 0 aliphatic carbocycles. The summed E-state index contributed by atoms with van der Waals surface area (Å²) in [7, 11) is 4.63. The SMILES string of the molecule is CCCCN(C)C(=O)C(=O)Nc1cc(OC)ccc1OC. The van der Waals surface area contributed by atoms with Crippen molar-refractivity contribution in [2.45, 2.75) is 19.8 Å². The van der Waals surface area contributed by atoms with E-state index in [0.29, 0.717) is 23.7 Å². The Labute approximate surface area is 125 Å². The quantitative estimate of drug-likeness (QED) is 0.814. The van der Waals surface area contributed by atoms with Crippen LogP contribution < -0.4 is 14.8 Å². The molecule has 0 spiro atoms. The molecule has 0 saturated carbocycles. The van der Waals surface area contributed by atoms with Crippen LogP contribution in [0.5, 0.6) is 11.5 Å². The zero-order chi connectivity index (χ0) is 15.8. The molecule has 1 aromatic rings. The van der Waals surface area contributed by atoms with Crippen molar-refractivity contribution in [3.8, 4) is 11.5 Å². The first-order chi connectivity index (χ1) is 10.0. The van der Waals surface area contributed by atoms with Crippen LogP contribution in [0.1, 0.15) is 19.8 Å². The fourth-order valence-corrected chi connectivity index (χ4v) is 1.76. The summed E-state index contributed by atoms with van der Waals surface area (Å²) in [4.78, 5) is 25.3. The van der Waals surface area contributed by atoms with Crippen molar-refractivity contribution in [1.29, 1.82) is 0 Å². The summed E-state index contributed by atoms with van der Waals surface area (Å²) in [6.07, 6.45) is 1.82. The lowest BCUT2D eigenvalue weighted by atomic mass is 10.2. The number of amides is 2. The summed E-state index contributed by atoms with van der Waals surface area (Å²) >= 11 is 0. The zero-order valence-corrected chi connectivity index (χ0v) is 12.9. The van der Waals surface area contributed by atoms with Gasteiger partial charge in [0.05, 0.1) is 19.9 Å². The maximum Gasteiger partial charge on any atom is 0.313 e. The third-order valence-electron chi connectivity index (χ3n) is 3.04. The van der Waals surface area contributed by atoms with Crippen molar-refractivity contribution in [2.75, 3.05) is 33.1 Å². The highest BCUT2D eigenvalue weighted by Crippen LogP contribution is 2.28. The van der Waals surface area contributed by atoms with Crippen LogP contribution in [0, 0.1) is 0 Å². The van der Waals surface area contributed by atoms with E-state index in [1.54, 1.807) is 25.2 Å². The van der Waals surface area contributed by atoms with Crippen LogP contribution in [0.15, 0.2) is 18.2 Å². The predicted molar refractivity (Wildman–Crippen MR) is 80.7 cm³/mol. The van der Waals surface area contributed by atoms with E-state index in [1.165, 1.54) is 19.1 Å². The molecular formula is C15H22N2O4. The van der Waals surface area contributed by atoms with E-state index < -0.39 is 11.8 Å². The van der Waals surface area contributed by atoms with Crippen LogP contribution in [-0.2, 0) is 9.59 Å². The van der Waals surface area contributed by atoms with Crippen molar-refractivity contribution in [3.63, 3.8) is 0 Å². The lowest BCUT2D eigenvalue weighted by Gasteiger charge is -2.17. The van der Waals surface area contributed by atoms with Gasteiger partial charge in [0.25, 0.3) is 0 Å². The Balaban J connectivity index is 2.80. The van der Waals surface area contributed by atoms with Gasteiger partial charge in [-0.25, -0.2) is 0 Å². The van der Waals surface area contributed by atoms with Crippen LogP contribution in [0.3, 0.4) is 0 Å². The summed E-state index contributed by atoms with van der Waals surface area (Å²) < 4.78 is 10.3. The van der Waals surface area contributed by atoms with Gasteiger partial charge in [0.1, 0.15) is 11.5 Å². The molecule has 21 heavy (non-hydrogen) atoms. The van der Waals surface area contributed by atoms with Crippen LogP contribution in [0.2, 0.25) is 0 Å². The smallest absolute Gasteiger partial charge is 0.313 e. The van der Waals surface area contributed by atoms with Gasteiger partial charge in [-0.15, -0.1) is 0 Å². The molecule has 0 aliphatic heterocycles. The average molecular weight is 294 g/mol. The molecule has 1 rings (SSSR count). The van der Waals surface area contributed by atoms with E-state index in [4.69, 9.17) is 9.47 Å². The molecule has 6 nitrogen and oxygen atoms in total. The second-order valence-corrected chi connectivity index (χ2v) is 4.60. The number of benzene rings is 1. The summed E-state index contributed by atoms with van der Waals surface area (Å²) in [5.74, 6) is -0.237. The van der Waals surface area contributed by atoms with Crippen molar-refractivity contribution in [2.24, 2.45) is 0 Å². The molecule has 0 unspecified atom stereocenters. The lowest BCUT2D eigenvalue weighted by molar-refractivity contribution is -0.142. The highest BCUT2D eigenvalue weighted by molar-refractivity contribution is 6.39. The highest BCUT2D eigenvalue weighted by atomic mass is 16.5. The molecule has 0 radical (unpaired) electrons. The first-order valence-electron chi connectivity index (χ1n) is 6.82. The first-order valence-corrected chi connectivity index (χ1v) is 6.82. The summed E-state index contributed by atoms with van der Waals surface area (Å²) in [5.41, 5.74) is 0.402. The topological polar surface area (TPSA) is 67.9 Å². The number of ether oxygens (including phenoxy) is 2. The maximum absolute atomic E-state index is 12.0. The third-order valence-corrected chi connectivity index (χ3v) is 3.04. The van der Waals surface area contributed by atoms with Crippen molar-refractivity contribution < 1.29 is 19.1 Å². The minimum atomic E-state index is -0.694. The van der Waals surface area contributed by atoms with Gasteiger partial charge in [0, 0.05) is 19.7 Å². The molecule has 1 N–H and O–H groups in total. The number of nitrogens with one attached hydrogen (secondary N) is 1. The summed E-state index contributed by atoms with van der Waals surface area (Å²) in [6.45, 7) is 2.58. The van der Waals surface area contributed by atoms with Gasteiger partial charge in [-0.1, -0.05) is 13.3 Å². The molecule has 0 fully saturated rings. The number of rotatable bonds is 6. The Kier molecular flexibility index (Phi) is 6.52. The standard InChI is InChI=1S/C15H22N2O4/c1-5-6-9-17(2)15(19)14(18)16-12-10-11(20-3)7-8-13(12)21-4/h7-8,10H,5-6,9H2,1-4H3,(H,16,18). The second kappa shape index (κ2) is 8.14. The molecule has 0 saturated heterocycles. The number of likely N-dealkylation sites (N-methyl/N-ethyl adjacent to an activating group) is 1. The molecule has 0 heterocycles. The van der Waals surface area contributed by atoms with Gasteiger partial charge in [0.2, 0.25) is 0 Å². The van der Waals surface area contributed by atoms with Crippen LogP contribution in [0.4, 0.5) is 5.69 Å². The van der Waals surface area contributed by atoms with E-state index in [0.717, 1.165) is 12.8 Å². The number of methoxy groups -OCH3 is 2. The average Bonchev–Trinajstić information content (AvgIpc) is 2.51. The maximum atomic E-state index is 12.0. The third kappa shape index (κ3) is 4.66. The predicted octanol–water partition coefficient (Wildman–Crippen LogP) is 1.90. The van der Waals surface area contributed by atoms with Gasteiger partial charge in [-0.2, -0.15) is 0 Å². The van der Waals surface area contributed by atoms with Crippen molar-refractivity contribution >= 4 is 17.5 Å². The number of nitrogens with zero attached hydrogens (tertiary/aromatic N) is 1. The Morgan fingerprint density at radius 3 is 2.52 bits per heavy atom. The molecule has 1 aromatic carbocycles. The van der Waals surface area contributed by atoms with Gasteiger partial charge in [-0.3, -0.25) is 9.59 Å². The number of carbonyl (C=O) groups is 2. The van der Waals surface area contributed by atoms with Gasteiger partial charge in [0.15, 0.2) is 0 Å².